The number of anilines is 8. The fraction of sp³-hybridized carbons (Fsp3) is 0.0588. The predicted octanol–water partition coefficient (Wildman–Crippen LogP) is 7.32. The van der Waals surface area contributed by atoms with Gasteiger partial charge in [-0.25, -0.2) is 0 Å². The van der Waals surface area contributed by atoms with Crippen molar-refractivity contribution in [1.82, 2.24) is 0 Å². The highest BCUT2D eigenvalue weighted by Gasteiger charge is 2.40. The Morgan fingerprint density at radius 1 is 0.425 bits per heavy atom. The van der Waals surface area contributed by atoms with E-state index in [4.69, 9.17) is 0 Å². The number of amides is 2. The number of hydrogen-bond acceptors (Lipinski definition) is 4. The number of benzene rings is 5. The maximum Gasteiger partial charge on any atom is 0.247 e. The fourth-order valence-electron chi connectivity index (χ4n) is 5.15. The molecule has 2 saturated heterocycles. The SMILES string of the molecule is O=C1CN1c1cc(N(c2ccccc2)c2ccccc2)c(N2CC2=O)cc1N(c1ccccc1)c1ccccc1. The topological polar surface area (TPSA) is 46.6 Å². The molecular weight excluding hydrogens is 496 g/mol. The average molecular weight is 523 g/mol. The van der Waals surface area contributed by atoms with Crippen molar-refractivity contribution in [2.24, 2.45) is 0 Å². The molecule has 6 nitrogen and oxygen atoms in total. The van der Waals surface area contributed by atoms with Gasteiger partial charge in [-0.2, -0.15) is 0 Å². The van der Waals surface area contributed by atoms with Crippen molar-refractivity contribution in [3.63, 3.8) is 0 Å². The van der Waals surface area contributed by atoms with Crippen molar-refractivity contribution < 1.29 is 9.59 Å². The molecule has 0 saturated carbocycles. The summed E-state index contributed by atoms with van der Waals surface area (Å²) in [5, 5.41) is 0. The summed E-state index contributed by atoms with van der Waals surface area (Å²) in [7, 11) is 0. The molecule has 2 amide bonds. The van der Waals surface area contributed by atoms with Crippen LogP contribution in [0, 0.1) is 0 Å². The highest BCUT2D eigenvalue weighted by Crippen LogP contribution is 2.51. The largest absolute Gasteiger partial charge is 0.308 e. The van der Waals surface area contributed by atoms with Crippen LogP contribution in [-0.4, -0.2) is 24.9 Å². The van der Waals surface area contributed by atoms with Crippen molar-refractivity contribution >= 4 is 57.3 Å². The second-order valence-electron chi connectivity index (χ2n) is 9.80. The van der Waals surface area contributed by atoms with Crippen LogP contribution >= 0.6 is 0 Å². The molecule has 2 aliphatic heterocycles. The number of nitrogens with zero attached hydrogens (tertiary/aromatic N) is 4. The molecule has 0 atom stereocenters. The van der Waals surface area contributed by atoms with Gasteiger partial charge in [0, 0.05) is 22.7 Å². The zero-order valence-electron chi connectivity index (χ0n) is 21.7. The number of hydrogen-bond donors (Lipinski definition) is 0. The van der Waals surface area contributed by atoms with E-state index in [-0.39, 0.29) is 11.8 Å². The molecular formula is C34H26N4O2. The van der Waals surface area contributed by atoms with E-state index in [9.17, 15) is 9.59 Å². The van der Waals surface area contributed by atoms with E-state index in [2.05, 4.69) is 70.5 Å². The number of rotatable bonds is 8. The smallest absolute Gasteiger partial charge is 0.247 e. The Morgan fingerprint density at radius 2 is 0.675 bits per heavy atom. The summed E-state index contributed by atoms with van der Waals surface area (Å²) in [6, 6.07) is 44.5. The molecule has 0 unspecified atom stereocenters. The molecule has 2 fully saturated rings. The van der Waals surface area contributed by atoms with Gasteiger partial charge in [0.05, 0.1) is 22.7 Å². The normalized spacial score (nSPS) is 13.8. The van der Waals surface area contributed by atoms with Crippen LogP contribution < -0.4 is 19.6 Å². The Labute approximate surface area is 232 Å². The number of carbonyl (C=O) groups excluding carboxylic acids is 2. The highest BCUT2D eigenvalue weighted by molar-refractivity contribution is 6.18. The summed E-state index contributed by atoms with van der Waals surface area (Å²) >= 11 is 0. The minimum Gasteiger partial charge on any atom is -0.308 e. The van der Waals surface area contributed by atoms with E-state index < -0.39 is 0 Å². The van der Waals surface area contributed by atoms with Gasteiger partial charge in [0.2, 0.25) is 11.8 Å². The first-order valence-corrected chi connectivity index (χ1v) is 13.3. The van der Waals surface area contributed by atoms with Crippen molar-refractivity contribution in [3.05, 3.63) is 133 Å². The molecule has 7 rings (SSSR count). The van der Waals surface area contributed by atoms with Gasteiger partial charge >= 0.3 is 0 Å². The van der Waals surface area contributed by atoms with Crippen LogP contribution in [0.5, 0.6) is 0 Å². The first-order chi connectivity index (χ1) is 19.7. The maximum absolute atomic E-state index is 12.7. The van der Waals surface area contributed by atoms with Gasteiger partial charge in [-0.1, -0.05) is 72.8 Å². The van der Waals surface area contributed by atoms with Gasteiger partial charge in [0.1, 0.15) is 13.1 Å². The summed E-state index contributed by atoms with van der Waals surface area (Å²) < 4.78 is 0. The minimum absolute atomic E-state index is 0.0646. The zero-order valence-corrected chi connectivity index (χ0v) is 21.7. The second kappa shape index (κ2) is 9.75. The summed E-state index contributed by atoms with van der Waals surface area (Å²) in [6.07, 6.45) is 0. The quantitative estimate of drug-likeness (QED) is 0.200. The van der Waals surface area contributed by atoms with Crippen molar-refractivity contribution in [1.29, 1.82) is 0 Å². The Balaban J connectivity index is 1.50. The molecule has 6 heteroatoms. The lowest BCUT2D eigenvalue weighted by molar-refractivity contribution is -0.110. The fourth-order valence-corrected chi connectivity index (χ4v) is 5.15. The Morgan fingerprint density at radius 3 is 0.900 bits per heavy atom. The Hall–Kier alpha value is -5.36. The molecule has 0 spiro atoms. The average Bonchev–Trinajstić information content (AvgIpc) is 3.93. The van der Waals surface area contributed by atoms with E-state index in [1.54, 1.807) is 9.80 Å². The number of para-hydroxylation sites is 4. The van der Waals surface area contributed by atoms with Gasteiger partial charge in [0.25, 0.3) is 0 Å². The third kappa shape index (κ3) is 4.35. The van der Waals surface area contributed by atoms with Gasteiger partial charge in [0.15, 0.2) is 0 Å². The highest BCUT2D eigenvalue weighted by atomic mass is 16.2. The molecule has 2 aliphatic rings. The Bertz CT molecular complexity index is 1480. The first-order valence-electron chi connectivity index (χ1n) is 13.3. The molecule has 0 aliphatic carbocycles. The van der Waals surface area contributed by atoms with E-state index >= 15 is 0 Å². The van der Waals surface area contributed by atoms with Gasteiger partial charge < -0.3 is 9.80 Å². The molecule has 0 bridgehead atoms. The molecule has 0 aromatic heterocycles. The van der Waals surface area contributed by atoms with E-state index in [0.717, 1.165) is 45.5 Å². The van der Waals surface area contributed by atoms with E-state index in [1.807, 2.05) is 72.8 Å². The standard InChI is InChI=1S/C34H26N4O2/c39-33-23-35(33)29-22-32(38(27-17-9-3-10-18-27)28-19-11-4-12-20-28)30(36-24-34(36)40)21-31(29)37(25-13-5-1-6-14-25)26-15-7-2-8-16-26/h1-22H,23-24H2. The van der Waals surface area contributed by atoms with Crippen molar-refractivity contribution in [2.75, 3.05) is 32.7 Å². The monoisotopic (exact) mass is 522 g/mol. The van der Waals surface area contributed by atoms with E-state index in [0.29, 0.717) is 13.1 Å². The predicted molar refractivity (Wildman–Crippen MR) is 161 cm³/mol. The zero-order chi connectivity index (χ0) is 27.1. The molecule has 2 heterocycles. The van der Waals surface area contributed by atoms with Crippen LogP contribution in [0.1, 0.15) is 0 Å². The van der Waals surface area contributed by atoms with Gasteiger partial charge in [-0.3, -0.25) is 19.4 Å². The lowest BCUT2D eigenvalue weighted by atomic mass is 10.1. The molecule has 0 radical (unpaired) electrons. The lowest BCUT2D eigenvalue weighted by Gasteiger charge is -2.32. The summed E-state index contributed by atoms with van der Waals surface area (Å²) in [5.74, 6) is 0.129. The van der Waals surface area contributed by atoms with Crippen LogP contribution in [0.2, 0.25) is 0 Å². The summed E-state index contributed by atoms with van der Waals surface area (Å²) in [6.45, 7) is 0.699. The molecule has 0 N–H and O–H groups in total. The van der Waals surface area contributed by atoms with Crippen LogP contribution in [0.25, 0.3) is 0 Å². The molecule has 5 aromatic rings. The maximum atomic E-state index is 12.7. The van der Waals surface area contributed by atoms with Crippen LogP contribution in [0.15, 0.2) is 133 Å². The molecule has 40 heavy (non-hydrogen) atoms. The van der Waals surface area contributed by atoms with Crippen molar-refractivity contribution in [3.8, 4) is 0 Å². The Kier molecular flexibility index (Phi) is 5.78. The lowest BCUT2D eigenvalue weighted by Crippen LogP contribution is -2.17. The van der Waals surface area contributed by atoms with Crippen LogP contribution in [0.4, 0.5) is 45.5 Å². The molecule has 5 aromatic carbocycles. The summed E-state index contributed by atoms with van der Waals surface area (Å²) in [5.41, 5.74) is 7.10. The van der Waals surface area contributed by atoms with Crippen LogP contribution in [-0.2, 0) is 9.59 Å². The third-order valence-corrected chi connectivity index (χ3v) is 7.17. The van der Waals surface area contributed by atoms with Crippen molar-refractivity contribution in [2.45, 2.75) is 0 Å². The first kappa shape index (κ1) is 23.7. The van der Waals surface area contributed by atoms with Gasteiger partial charge in [-0.05, 0) is 60.7 Å². The number of carbonyl (C=O) groups is 2. The van der Waals surface area contributed by atoms with Crippen LogP contribution in [0.3, 0.4) is 0 Å². The minimum atomic E-state index is 0.0646. The third-order valence-electron chi connectivity index (χ3n) is 7.17. The van der Waals surface area contributed by atoms with E-state index in [1.165, 1.54) is 0 Å². The molecule has 194 valence electrons. The van der Waals surface area contributed by atoms with Gasteiger partial charge in [-0.15, -0.1) is 0 Å². The summed E-state index contributed by atoms with van der Waals surface area (Å²) in [4.78, 5) is 33.2. The second-order valence-corrected chi connectivity index (χ2v) is 9.80.